The highest BCUT2D eigenvalue weighted by Gasteiger charge is 2.01. The molecule has 17 heavy (non-hydrogen) atoms. The third-order valence-electron chi connectivity index (χ3n) is 2.65. The van der Waals surface area contributed by atoms with E-state index in [-0.39, 0.29) is 0 Å². The number of fused-ring (bicyclic) bond motifs is 1. The van der Waals surface area contributed by atoms with E-state index in [2.05, 4.69) is 24.3 Å². The summed E-state index contributed by atoms with van der Waals surface area (Å²) in [5.74, 6) is 1.61. The average molecular weight is 219 g/mol. The van der Waals surface area contributed by atoms with Crippen LogP contribution in [0.5, 0.6) is 11.5 Å². The van der Waals surface area contributed by atoms with Crippen LogP contribution in [0.1, 0.15) is 0 Å². The van der Waals surface area contributed by atoms with E-state index in [0.29, 0.717) is 0 Å². The molecule has 0 aliphatic carbocycles. The monoisotopic (exact) mass is 219 g/mol. The molecule has 1 nitrogen and oxygen atoms in total. The molecule has 0 saturated heterocycles. The second-order valence-corrected chi connectivity index (χ2v) is 3.81. The second kappa shape index (κ2) is 4.30. The van der Waals surface area contributed by atoms with Crippen molar-refractivity contribution < 1.29 is 4.74 Å². The normalized spacial score (nSPS) is 10.4. The molecule has 0 bridgehead atoms. The third kappa shape index (κ3) is 2.00. The molecule has 0 heterocycles. The van der Waals surface area contributed by atoms with Crippen LogP contribution < -0.4 is 4.74 Å². The van der Waals surface area contributed by atoms with Gasteiger partial charge in [-0.1, -0.05) is 54.6 Å². The Morgan fingerprint density at radius 2 is 1.59 bits per heavy atom. The van der Waals surface area contributed by atoms with Crippen LogP contribution in [0.25, 0.3) is 10.8 Å². The summed E-state index contributed by atoms with van der Waals surface area (Å²) >= 11 is 0. The molecule has 3 aromatic rings. The summed E-state index contributed by atoms with van der Waals surface area (Å²) in [4.78, 5) is 0. The zero-order chi connectivity index (χ0) is 11.5. The van der Waals surface area contributed by atoms with Crippen LogP contribution in [0.4, 0.5) is 0 Å². The van der Waals surface area contributed by atoms with Crippen molar-refractivity contribution >= 4 is 10.8 Å². The van der Waals surface area contributed by atoms with Crippen molar-refractivity contribution in [2.24, 2.45) is 0 Å². The Bertz CT molecular complexity index is 624. The highest BCUT2D eigenvalue weighted by atomic mass is 16.5. The van der Waals surface area contributed by atoms with Gasteiger partial charge in [0.25, 0.3) is 0 Å². The van der Waals surface area contributed by atoms with Crippen LogP contribution in [0, 0.1) is 6.07 Å². The Morgan fingerprint density at radius 1 is 0.765 bits per heavy atom. The molecule has 0 amide bonds. The van der Waals surface area contributed by atoms with E-state index >= 15 is 0 Å². The first-order chi connectivity index (χ1) is 8.43. The lowest BCUT2D eigenvalue weighted by atomic mass is 10.1. The van der Waals surface area contributed by atoms with Gasteiger partial charge in [-0.3, -0.25) is 0 Å². The average Bonchev–Trinajstić information content (AvgIpc) is 2.40. The van der Waals surface area contributed by atoms with Gasteiger partial charge in [0.2, 0.25) is 0 Å². The van der Waals surface area contributed by atoms with Crippen molar-refractivity contribution in [2.75, 3.05) is 0 Å². The topological polar surface area (TPSA) is 9.23 Å². The lowest BCUT2D eigenvalue weighted by molar-refractivity contribution is 0.487. The minimum atomic E-state index is 0.740. The van der Waals surface area contributed by atoms with Gasteiger partial charge in [0.05, 0.1) is 0 Å². The number of benzene rings is 3. The third-order valence-corrected chi connectivity index (χ3v) is 2.65. The summed E-state index contributed by atoms with van der Waals surface area (Å²) in [5, 5.41) is 2.30. The summed E-state index contributed by atoms with van der Waals surface area (Å²) in [6.07, 6.45) is 0. The number of hydrogen-bond donors (Lipinski definition) is 0. The van der Waals surface area contributed by atoms with E-state index in [4.69, 9.17) is 4.74 Å². The maximum Gasteiger partial charge on any atom is 0.135 e. The highest BCUT2D eigenvalue weighted by molar-refractivity contribution is 5.88. The Morgan fingerprint density at radius 3 is 2.47 bits per heavy atom. The second-order valence-electron chi connectivity index (χ2n) is 3.81. The van der Waals surface area contributed by atoms with Crippen LogP contribution in [-0.4, -0.2) is 0 Å². The van der Waals surface area contributed by atoms with Crippen molar-refractivity contribution in [3.63, 3.8) is 0 Å². The van der Waals surface area contributed by atoms with Crippen LogP contribution >= 0.6 is 0 Å². The molecule has 3 aromatic carbocycles. The van der Waals surface area contributed by atoms with Crippen LogP contribution in [0.2, 0.25) is 0 Å². The van der Waals surface area contributed by atoms with Gasteiger partial charge < -0.3 is 4.74 Å². The first kappa shape index (κ1) is 9.91. The first-order valence-electron chi connectivity index (χ1n) is 5.56. The van der Waals surface area contributed by atoms with E-state index in [1.165, 1.54) is 5.39 Å². The summed E-state index contributed by atoms with van der Waals surface area (Å²) in [6.45, 7) is 0. The fourth-order valence-electron chi connectivity index (χ4n) is 1.84. The number of hydrogen-bond acceptors (Lipinski definition) is 1. The molecule has 1 heteroatoms. The quantitative estimate of drug-likeness (QED) is 0.619. The van der Waals surface area contributed by atoms with Gasteiger partial charge in [-0.2, -0.15) is 0 Å². The van der Waals surface area contributed by atoms with E-state index in [9.17, 15) is 0 Å². The fraction of sp³-hybridized carbons (Fsp3) is 0. The van der Waals surface area contributed by atoms with Gasteiger partial charge in [0.15, 0.2) is 0 Å². The molecule has 3 rings (SSSR count). The molecule has 0 unspecified atom stereocenters. The molecule has 0 saturated carbocycles. The molecule has 0 aliphatic rings. The number of para-hydroxylation sites is 1. The summed E-state index contributed by atoms with van der Waals surface area (Å²) in [7, 11) is 0. The van der Waals surface area contributed by atoms with Crippen molar-refractivity contribution in [3.8, 4) is 11.5 Å². The van der Waals surface area contributed by atoms with E-state index < -0.39 is 0 Å². The maximum absolute atomic E-state index is 5.84. The maximum atomic E-state index is 5.84. The van der Waals surface area contributed by atoms with Gasteiger partial charge in [0.1, 0.15) is 11.5 Å². The van der Waals surface area contributed by atoms with Crippen LogP contribution in [0.3, 0.4) is 0 Å². The predicted octanol–water partition coefficient (Wildman–Crippen LogP) is 4.43. The van der Waals surface area contributed by atoms with Gasteiger partial charge in [0, 0.05) is 11.5 Å². The van der Waals surface area contributed by atoms with E-state index in [0.717, 1.165) is 16.9 Å². The lowest BCUT2D eigenvalue weighted by Crippen LogP contribution is -1.85. The van der Waals surface area contributed by atoms with Crippen LogP contribution in [0.15, 0.2) is 66.7 Å². The molecule has 0 fully saturated rings. The van der Waals surface area contributed by atoms with Gasteiger partial charge >= 0.3 is 0 Å². The molecule has 0 aliphatic heterocycles. The SMILES string of the molecule is [c]1ccccc1Oc1cccc2ccccc12. The number of ether oxygens (including phenoxy) is 1. The number of rotatable bonds is 2. The van der Waals surface area contributed by atoms with Crippen molar-refractivity contribution in [2.45, 2.75) is 0 Å². The van der Waals surface area contributed by atoms with Gasteiger partial charge in [-0.05, 0) is 17.5 Å². The molecular weight excluding hydrogens is 208 g/mol. The lowest BCUT2D eigenvalue weighted by Gasteiger charge is -2.08. The van der Waals surface area contributed by atoms with Crippen molar-refractivity contribution in [1.29, 1.82) is 0 Å². The Hall–Kier alpha value is -2.28. The van der Waals surface area contributed by atoms with Crippen molar-refractivity contribution in [3.05, 3.63) is 72.8 Å². The smallest absolute Gasteiger partial charge is 0.135 e. The molecule has 0 spiro atoms. The summed E-state index contributed by atoms with van der Waals surface area (Å²) in [6, 6.07) is 24.9. The Labute approximate surface area is 100 Å². The predicted molar refractivity (Wildman–Crippen MR) is 69.3 cm³/mol. The van der Waals surface area contributed by atoms with Gasteiger partial charge in [-0.15, -0.1) is 0 Å². The highest BCUT2D eigenvalue weighted by Crippen LogP contribution is 2.29. The first-order valence-corrected chi connectivity index (χ1v) is 5.56. The van der Waals surface area contributed by atoms with E-state index in [1.54, 1.807) is 0 Å². The summed E-state index contributed by atoms with van der Waals surface area (Å²) in [5.41, 5.74) is 0. The minimum absolute atomic E-state index is 0.740. The fourth-order valence-corrected chi connectivity index (χ4v) is 1.84. The van der Waals surface area contributed by atoms with E-state index in [1.807, 2.05) is 48.5 Å². The minimum Gasteiger partial charge on any atom is -0.456 e. The largest absolute Gasteiger partial charge is 0.456 e. The van der Waals surface area contributed by atoms with Crippen LogP contribution in [-0.2, 0) is 0 Å². The summed E-state index contributed by atoms with van der Waals surface area (Å²) < 4.78 is 5.84. The molecule has 0 aromatic heterocycles. The van der Waals surface area contributed by atoms with Gasteiger partial charge in [-0.25, -0.2) is 0 Å². The zero-order valence-corrected chi connectivity index (χ0v) is 9.26. The molecule has 81 valence electrons. The standard InChI is InChI=1S/C16H11O/c1-2-9-14(10-3-1)17-16-12-6-8-13-7-4-5-11-15(13)16/h1-9,11-12H. The molecule has 0 atom stereocenters. The zero-order valence-electron chi connectivity index (χ0n) is 9.26. The Kier molecular flexibility index (Phi) is 2.51. The Balaban J connectivity index is 2.06. The molecule has 0 N–H and O–H groups in total. The molecular formula is C16H11O. The van der Waals surface area contributed by atoms with Crippen molar-refractivity contribution in [1.82, 2.24) is 0 Å². The molecule has 1 radical (unpaired) electrons.